The largest absolute Gasteiger partial charge is 0.469 e. The third-order valence-corrected chi connectivity index (χ3v) is 2.32. The highest BCUT2D eigenvalue weighted by Crippen LogP contribution is 2.23. The highest BCUT2D eigenvalue weighted by Gasteiger charge is 2.18. The summed E-state index contributed by atoms with van der Waals surface area (Å²) >= 11 is 5.77. The molecule has 0 N–H and O–H groups in total. The first-order valence-electron chi connectivity index (χ1n) is 3.72. The number of alkyl halides is 1. The number of hydrogen-bond acceptors (Lipinski definition) is 1. The van der Waals surface area contributed by atoms with E-state index in [-0.39, 0.29) is 5.41 Å². The summed E-state index contributed by atoms with van der Waals surface area (Å²) in [6, 6.07) is 3.88. The van der Waals surface area contributed by atoms with Gasteiger partial charge in [-0.2, -0.15) is 0 Å². The Kier molecular flexibility index (Phi) is 2.61. The van der Waals surface area contributed by atoms with Gasteiger partial charge in [-0.1, -0.05) is 13.8 Å². The van der Waals surface area contributed by atoms with E-state index in [2.05, 4.69) is 13.8 Å². The van der Waals surface area contributed by atoms with E-state index >= 15 is 0 Å². The van der Waals surface area contributed by atoms with Crippen LogP contribution in [0.4, 0.5) is 0 Å². The molecule has 1 aromatic rings. The molecule has 0 spiro atoms. The van der Waals surface area contributed by atoms with Crippen LogP contribution in [0, 0.1) is 5.41 Å². The summed E-state index contributed by atoms with van der Waals surface area (Å²) in [4.78, 5) is 0. The Morgan fingerprint density at radius 3 is 2.73 bits per heavy atom. The molecule has 1 nitrogen and oxygen atoms in total. The van der Waals surface area contributed by atoms with Crippen LogP contribution in [0.1, 0.15) is 19.6 Å². The lowest BCUT2D eigenvalue weighted by molar-refractivity contribution is 0.368. The molecule has 2 heteroatoms. The van der Waals surface area contributed by atoms with E-state index in [0.717, 1.165) is 12.2 Å². The Morgan fingerprint density at radius 1 is 1.55 bits per heavy atom. The van der Waals surface area contributed by atoms with Crippen LogP contribution in [-0.4, -0.2) is 5.88 Å². The minimum Gasteiger partial charge on any atom is -0.469 e. The molecule has 0 atom stereocenters. The monoisotopic (exact) mass is 172 g/mol. The summed E-state index contributed by atoms with van der Waals surface area (Å²) in [6.45, 7) is 4.26. The first-order chi connectivity index (χ1) is 5.14. The van der Waals surface area contributed by atoms with Crippen molar-refractivity contribution < 1.29 is 4.42 Å². The van der Waals surface area contributed by atoms with Crippen LogP contribution in [0.2, 0.25) is 0 Å². The average Bonchev–Trinajstić information content (AvgIpc) is 2.39. The van der Waals surface area contributed by atoms with E-state index in [4.69, 9.17) is 16.0 Å². The van der Waals surface area contributed by atoms with Crippen LogP contribution in [0.25, 0.3) is 0 Å². The normalized spacial score (nSPS) is 11.9. The Bertz CT molecular complexity index is 201. The van der Waals surface area contributed by atoms with Gasteiger partial charge in [-0.05, 0) is 17.5 Å². The predicted molar refractivity (Wildman–Crippen MR) is 46.9 cm³/mol. The summed E-state index contributed by atoms with van der Waals surface area (Å²) in [5.74, 6) is 1.67. The molecule has 0 aliphatic heterocycles. The van der Waals surface area contributed by atoms with Crippen molar-refractivity contribution in [3.05, 3.63) is 24.2 Å². The van der Waals surface area contributed by atoms with Crippen molar-refractivity contribution in [1.29, 1.82) is 0 Å². The van der Waals surface area contributed by atoms with Gasteiger partial charge in [0.2, 0.25) is 0 Å². The van der Waals surface area contributed by atoms with Gasteiger partial charge in [0.05, 0.1) is 6.26 Å². The second-order valence-electron chi connectivity index (χ2n) is 3.55. The van der Waals surface area contributed by atoms with Crippen molar-refractivity contribution >= 4 is 11.6 Å². The summed E-state index contributed by atoms with van der Waals surface area (Å²) in [5, 5.41) is 0. The summed E-state index contributed by atoms with van der Waals surface area (Å²) < 4.78 is 5.21. The van der Waals surface area contributed by atoms with Gasteiger partial charge in [-0.15, -0.1) is 11.6 Å². The Morgan fingerprint density at radius 2 is 2.27 bits per heavy atom. The van der Waals surface area contributed by atoms with Gasteiger partial charge in [0.1, 0.15) is 5.76 Å². The molecule has 1 aromatic heterocycles. The molecule has 11 heavy (non-hydrogen) atoms. The van der Waals surface area contributed by atoms with E-state index in [9.17, 15) is 0 Å². The van der Waals surface area contributed by atoms with Crippen LogP contribution in [-0.2, 0) is 6.42 Å². The molecule has 0 bridgehead atoms. The molecule has 0 amide bonds. The molecule has 0 aliphatic carbocycles. The fourth-order valence-corrected chi connectivity index (χ4v) is 1.03. The van der Waals surface area contributed by atoms with E-state index in [1.165, 1.54) is 0 Å². The first kappa shape index (κ1) is 8.66. The van der Waals surface area contributed by atoms with E-state index in [1.807, 2.05) is 12.1 Å². The average molecular weight is 173 g/mol. The van der Waals surface area contributed by atoms with E-state index in [1.54, 1.807) is 6.26 Å². The number of hydrogen-bond donors (Lipinski definition) is 0. The third-order valence-electron chi connectivity index (χ3n) is 1.59. The summed E-state index contributed by atoms with van der Waals surface area (Å²) in [7, 11) is 0. The topological polar surface area (TPSA) is 13.1 Å². The highest BCUT2D eigenvalue weighted by atomic mass is 35.5. The second kappa shape index (κ2) is 3.31. The number of halogens is 1. The van der Waals surface area contributed by atoms with Crippen molar-refractivity contribution in [3.8, 4) is 0 Å². The van der Waals surface area contributed by atoms with E-state index < -0.39 is 0 Å². The molecule has 62 valence electrons. The van der Waals surface area contributed by atoms with Crippen molar-refractivity contribution in [2.24, 2.45) is 5.41 Å². The van der Waals surface area contributed by atoms with Gasteiger partial charge >= 0.3 is 0 Å². The lowest BCUT2D eigenvalue weighted by Gasteiger charge is -2.18. The quantitative estimate of drug-likeness (QED) is 0.639. The summed E-state index contributed by atoms with van der Waals surface area (Å²) in [6.07, 6.45) is 2.60. The zero-order valence-corrected chi connectivity index (χ0v) is 7.69. The lowest BCUT2D eigenvalue weighted by Crippen LogP contribution is -2.16. The number of rotatable bonds is 3. The van der Waals surface area contributed by atoms with E-state index in [0.29, 0.717) is 5.88 Å². The number of furan rings is 1. The molecule has 0 saturated carbocycles. The maximum absolute atomic E-state index is 5.77. The predicted octanol–water partition coefficient (Wildman–Crippen LogP) is 3.09. The van der Waals surface area contributed by atoms with Gasteiger partial charge in [0, 0.05) is 12.3 Å². The van der Waals surface area contributed by atoms with Crippen molar-refractivity contribution in [3.63, 3.8) is 0 Å². The molecule has 0 radical (unpaired) electrons. The van der Waals surface area contributed by atoms with Crippen LogP contribution in [0.5, 0.6) is 0 Å². The van der Waals surface area contributed by atoms with Crippen LogP contribution < -0.4 is 0 Å². The van der Waals surface area contributed by atoms with Crippen LogP contribution in [0.3, 0.4) is 0 Å². The summed E-state index contributed by atoms with van der Waals surface area (Å²) in [5.41, 5.74) is 0.138. The SMILES string of the molecule is CC(C)(CCl)Cc1ccco1. The molecule has 0 aromatic carbocycles. The minimum atomic E-state index is 0.138. The highest BCUT2D eigenvalue weighted by molar-refractivity contribution is 6.18. The molecular formula is C9H13ClO. The van der Waals surface area contributed by atoms with Gasteiger partial charge in [-0.3, -0.25) is 0 Å². The zero-order chi connectivity index (χ0) is 8.32. The molecule has 0 fully saturated rings. The lowest BCUT2D eigenvalue weighted by atomic mass is 9.91. The minimum absolute atomic E-state index is 0.138. The Balaban J connectivity index is 2.56. The molecule has 0 unspecified atom stereocenters. The third kappa shape index (κ3) is 2.58. The van der Waals surface area contributed by atoms with Gasteiger partial charge < -0.3 is 4.42 Å². The smallest absolute Gasteiger partial charge is 0.104 e. The van der Waals surface area contributed by atoms with Gasteiger partial charge in [0.25, 0.3) is 0 Å². The second-order valence-corrected chi connectivity index (χ2v) is 3.82. The maximum atomic E-state index is 5.77. The molecular weight excluding hydrogens is 160 g/mol. The molecule has 1 rings (SSSR count). The molecule has 0 saturated heterocycles. The molecule has 0 aliphatic rings. The van der Waals surface area contributed by atoms with Crippen LogP contribution in [0.15, 0.2) is 22.8 Å². The van der Waals surface area contributed by atoms with Crippen LogP contribution >= 0.6 is 11.6 Å². The van der Waals surface area contributed by atoms with Crippen molar-refractivity contribution in [2.45, 2.75) is 20.3 Å². The Labute approximate surface area is 72.4 Å². The Hall–Kier alpha value is -0.430. The van der Waals surface area contributed by atoms with Gasteiger partial charge in [-0.25, -0.2) is 0 Å². The zero-order valence-electron chi connectivity index (χ0n) is 6.93. The fraction of sp³-hybridized carbons (Fsp3) is 0.556. The van der Waals surface area contributed by atoms with Gasteiger partial charge in [0.15, 0.2) is 0 Å². The molecule has 1 heterocycles. The fourth-order valence-electron chi connectivity index (χ4n) is 0.932. The van der Waals surface area contributed by atoms with Crippen molar-refractivity contribution in [1.82, 2.24) is 0 Å². The standard InChI is InChI=1S/C9H13ClO/c1-9(2,7-10)6-8-4-3-5-11-8/h3-5H,6-7H2,1-2H3. The first-order valence-corrected chi connectivity index (χ1v) is 4.26. The van der Waals surface area contributed by atoms with Crippen molar-refractivity contribution in [2.75, 3.05) is 5.88 Å². The maximum Gasteiger partial charge on any atom is 0.104 e.